The number of pyridine rings is 1. The zero-order chi connectivity index (χ0) is 15.8. The molecule has 2 aromatic rings. The average Bonchev–Trinajstić information content (AvgIpc) is 2.55. The van der Waals surface area contributed by atoms with Crippen LogP contribution < -0.4 is 15.4 Å². The molecule has 2 N–H and O–H groups in total. The third-order valence-corrected chi connectivity index (χ3v) is 3.17. The molecular formula is C17H21N3O2. The summed E-state index contributed by atoms with van der Waals surface area (Å²) in [5, 5.41) is 6.03. The van der Waals surface area contributed by atoms with E-state index in [1.165, 1.54) is 0 Å². The number of aromatic nitrogens is 1. The summed E-state index contributed by atoms with van der Waals surface area (Å²) in [5.74, 6) is 1.39. The van der Waals surface area contributed by atoms with Crippen LogP contribution in [0.4, 0.5) is 17.2 Å². The lowest BCUT2D eigenvalue weighted by atomic mass is 10.2. The zero-order valence-corrected chi connectivity index (χ0v) is 12.9. The van der Waals surface area contributed by atoms with Crippen LogP contribution in [0.5, 0.6) is 5.75 Å². The van der Waals surface area contributed by atoms with Crippen LogP contribution in [0.15, 0.2) is 42.6 Å². The minimum absolute atomic E-state index is 0.00483. The zero-order valence-electron chi connectivity index (χ0n) is 12.9. The molecule has 1 aromatic carbocycles. The molecule has 1 heterocycles. The summed E-state index contributed by atoms with van der Waals surface area (Å²) in [5.41, 5.74) is 1.80. The van der Waals surface area contributed by atoms with Crippen molar-refractivity contribution in [3.05, 3.63) is 42.6 Å². The van der Waals surface area contributed by atoms with Crippen LogP contribution in [0.3, 0.4) is 0 Å². The lowest BCUT2D eigenvalue weighted by molar-refractivity contribution is -0.116. The van der Waals surface area contributed by atoms with Crippen LogP contribution >= 0.6 is 0 Å². The first-order valence-corrected chi connectivity index (χ1v) is 7.38. The number of hydrogen-bond donors (Lipinski definition) is 2. The first-order valence-electron chi connectivity index (χ1n) is 7.38. The summed E-state index contributed by atoms with van der Waals surface area (Å²) in [6.07, 6.45) is 4.12. The van der Waals surface area contributed by atoms with Gasteiger partial charge < -0.3 is 15.4 Å². The van der Waals surface area contributed by atoms with E-state index < -0.39 is 0 Å². The summed E-state index contributed by atoms with van der Waals surface area (Å²) in [7, 11) is 1.64. The van der Waals surface area contributed by atoms with Crippen molar-refractivity contribution < 1.29 is 9.53 Å². The molecule has 0 aliphatic carbocycles. The molecule has 0 aliphatic heterocycles. The van der Waals surface area contributed by atoms with Gasteiger partial charge in [-0.15, -0.1) is 0 Å². The van der Waals surface area contributed by atoms with Crippen LogP contribution in [-0.4, -0.2) is 18.0 Å². The van der Waals surface area contributed by atoms with Crippen LogP contribution in [0, 0.1) is 0 Å². The molecule has 1 amide bonds. The third kappa shape index (κ3) is 4.77. The number of carbonyl (C=O) groups excluding carboxylic acids is 1. The maximum atomic E-state index is 11.6. The van der Waals surface area contributed by atoms with E-state index in [0.717, 1.165) is 30.0 Å². The molecule has 2 rings (SSSR count). The van der Waals surface area contributed by atoms with Crippen LogP contribution in [0.2, 0.25) is 0 Å². The maximum absolute atomic E-state index is 11.6. The lowest BCUT2D eigenvalue weighted by Crippen LogP contribution is -2.12. The molecule has 0 saturated carbocycles. The molecule has 0 radical (unpaired) electrons. The van der Waals surface area contributed by atoms with Crippen molar-refractivity contribution in [2.45, 2.75) is 26.2 Å². The number of unbranched alkanes of at least 4 members (excludes halogenated alkanes) is 1. The second-order valence-corrected chi connectivity index (χ2v) is 4.94. The Morgan fingerprint density at radius 3 is 2.45 bits per heavy atom. The fourth-order valence-electron chi connectivity index (χ4n) is 1.93. The minimum atomic E-state index is 0.00483. The highest BCUT2D eigenvalue weighted by Crippen LogP contribution is 2.20. The number of nitrogens with one attached hydrogen (secondary N) is 2. The standard InChI is InChI=1S/C17H21N3O2/c1-3-4-5-17(21)20-16-11-8-14(12-18-16)19-13-6-9-15(22-2)10-7-13/h6-12,19H,3-5H2,1-2H3,(H,18,20,21). The number of benzene rings is 1. The number of carbonyl (C=O) groups is 1. The Labute approximate surface area is 130 Å². The molecule has 0 bridgehead atoms. The second kappa shape index (κ2) is 8.02. The Bertz CT molecular complexity index is 594. The molecule has 0 unspecified atom stereocenters. The smallest absolute Gasteiger partial charge is 0.225 e. The SMILES string of the molecule is CCCCC(=O)Nc1ccc(Nc2ccc(OC)cc2)cn1. The second-order valence-electron chi connectivity index (χ2n) is 4.94. The average molecular weight is 299 g/mol. The monoisotopic (exact) mass is 299 g/mol. The summed E-state index contributed by atoms with van der Waals surface area (Å²) >= 11 is 0. The normalized spacial score (nSPS) is 10.1. The molecule has 5 heteroatoms. The van der Waals surface area contributed by atoms with E-state index in [1.54, 1.807) is 19.4 Å². The fraction of sp³-hybridized carbons (Fsp3) is 0.294. The van der Waals surface area contributed by atoms with E-state index in [0.29, 0.717) is 12.2 Å². The molecule has 1 aromatic heterocycles. The van der Waals surface area contributed by atoms with Crippen molar-refractivity contribution in [1.29, 1.82) is 0 Å². The molecular weight excluding hydrogens is 278 g/mol. The van der Waals surface area contributed by atoms with Gasteiger partial charge in [0.05, 0.1) is 19.0 Å². The predicted molar refractivity (Wildman–Crippen MR) is 88.7 cm³/mol. The van der Waals surface area contributed by atoms with E-state index in [9.17, 15) is 4.79 Å². The number of methoxy groups -OCH3 is 1. The third-order valence-electron chi connectivity index (χ3n) is 3.17. The van der Waals surface area contributed by atoms with Gasteiger partial charge in [-0.25, -0.2) is 4.98 Å². The summed E-state index contributed by atoms with van der Waals surface area (Å²) in [6.45, 7) is 2.06. The molecule has 0 spiro atoms. The van der Waals surface area contributed by atoms with E-state index >= 15 is 0 Å². The Morgan fingerprint density at radius 2 is 1.86 bits per heavy atom. The van der Waals surface area contributed by atoms with Crippen molar-refractivity contribution >= 4 is 23.1 Å². The van der Waals surface area contributed by atoms with Gasteiger partial charge in [-0.1, -0.05) is 13.3 Å². The van der Waals surface area contributed by atoms with E-state index in [1.807, 2.05) is 30.3 Å². The van der Waals surface area contributed by atoms with Gasteiger partial charge in [0, 0.05) is 12.1 Å². The number of rotatable bonds is 7. The van der Waals surface area contributed by atoms with Gasteiger partial charge in [0.15, 0.2) is 0 Å². The van der Waals surface area contributed by atoms with Gasteiger partial charge in [0.25, 0.3) is 0 Å². The Kier molecular flexibility index (Phi) is 5.77. The molecule has 0 aliphatic rings. The Hall–Kier alpha value is -2.56. The number of anilines is 3. The lowest BCUT2D eigenvalue weighted by Gasteiger charge is -2.08. The van der Waals surface area contributed by atoms with Crippen LogP contribution in [-0.2, 0) is 4.79 Å². The highest BCUT2D eigenvalue weighted by molar-refractivity contribution is 5.89. The fourth-order valence-corrected chi connectivity index (χ4v) is 1.93. The van der Waals surface area contributed by atoms with E-state index in [2.05, 4.69) is 22.5 Å². The molecule has 116 valence electrons. The Balaban J connectivity index is 1.92. The first kappa shape index (κ1) is 15.8. The highest BCUT2D eigenvalue weighted by atomic mass is 16.5. The maximum Gasteiger partial charge on any atom is 0.225 e. The van der Waals surface area contributed by atoms with Gasteiger partial charge in [-0.3, -0.25) is 4.79 Å². The minimum Gasteiger partial charge on any atom is -0.497 e. The molecule has 0 saturated heterocycles. The summed E-state index contributed by atoms with van der Waals surface area (Å²) in [6, 6.07) is 11.3. The summed E-state index contributed by atoms with van der Waals surface area (Å²) < 4.78 is 5.12. The number of nitrogens with zero attached hydrogens (tertiary/aromatic N) is 1. The number of ether oxygens (including phenoxy) is 1. The van der Waals surface area contributed by atoms with Crippen molar-refractivity contribution in [2.75, 3.05) is 17.7 Å². The van der Waals surface area contributed by atoms with E-state index in [-0.39, 0.29) is 5.91 Å². The molecule has 0 atom stereocenters. The largest absolute Gasteiger partial charge is 0.497 e. The summed E-state index contributed by atoms with van der Waals surface area (Å²) in [4.78, 5) is 15.9. The number of hydrogen-bond acceptors (Lipinski definition) is 4. The molecule has 22 heavy (non-hydrogen) atoms. The van der Waals surface area contributed by atoms with Gasteiger partial charge in [-0.05, 0) is 42.8 Å². The van der Waals surface area contributed by atoms with Crippen molar-refractivity contribution in [3.63, 3.8) is 0 Å². The van der Waals surface area contributed by atoms with Gasteiger partial charge >= 0.3 is 0 Å². The van der Waals surface area contributed by atoms with Gasteiger partial charge in [0.1, 0.15) is 11.6 Å². The quantitative estimate of drug-likeness (QED) is 0.812. The topological polar surface area (TPSA) is 63.2 Å². The highest BCUT2D eigenvalue weighted by Gasteiger charge is 2.03. The van der Waals surface area contributed by atoms with Crippen LogP contribution in [0.1, 0.15) is 26.2 Å². The molecule has 0 fully saturated rings. The van der Waals surface area contributed by atoms with Crippen LogP contribution in [0.25, 0.3) is 0 Å². The Morgan fingerprint density at radius 1 is 1.14 bits per heavy atom. The predicted octanol–water partition coefficient (Wildman–Crippen LogP) is 3.96. The van der Waals surface area contributed by atoms with Gasteiger partial charge in [0.2, 0.25) is 5.91 Å². The van der Waals surface area contributed by atoms with Crippen molar-refractivity contribution in [3.8, 4) is 5.75 Å². The van der Waals surface area contributed by atoms with Crippen molar-refractivity contribution in [1.82, 2.24) is 4.98 Å². The molecule has 5 nitrogen and oxygen atoms in total. The van der Waals surface area contributed by atoms with E-state index in [4.69, 9.17) is 4.74 Å². The first-order chi connectivity index (χ1) is 10.7. The van der Waals surface area contributed by atoms with Gasteiger partial charge in [-0.2, -0.15) is 0 Å². The number of amides is 1. The van der Waals surface area contributed by atoms with Crippen molar-refractivity contribution in [2.24, 2.45) is 0 Å².